The fraction of sp³-hybridized carbons (Fsp3) is 0.857. The lowest BCUT2D eigenvalue weighted by molar-refractivity contribution is -0.138. The molecule has 2 aliphatic rings. The molecule has 102 valence electrons. The van der Waals surface area contributed by atoms with Crippen molar-refractivity contribution in [3.05, 3.63) is 0 Å². The van der Waals surface area contributed by atoms with Crippen LogP contribution in [0.1, 0.15) is 52.9 Å². The van der Waals surface area contributed by atoms with Gasteiger partial charge >= 0.3 is 0 Å². The second-order valence-electron chi connectivity index (χ2n) is 6.59. The van der Waals surface area contributed by atoms with Crippen molar-refractivity contribution in [2.45, 2.75) is 65.0 Å². The van der Waals surface area contributed by atoms with E-state index in [0.717, 1.165) is 12.8 Å². The summed E-state index contributed by atoms with van der Waals surface area (Å²) in [6.07, 6.45) is 5.04. The van der Waals surface area contributed by atoms with Crippen LogP contribution in [0.5, 0.6) is 0 Å². The van der Waals surface area contributed by atoms with Crippen molar-refractivity contribution in [3.8, 4) is 0 Å². The van der Waals surface area contributed by atoms with Crippen molar-refractivity contribution in [2.24, 2.45) is 5.41 Å². The topological polar surface area (TPSA) is 49.4 Å². The summed E-state index contributed by atoms with van der Waals surface area (Å²) in [6, 6.07) is -0.0249. The SMILES string of the molecule is CC(C)(C)C1NC(=O)CCN(C2CCCC2)C1=O. The Kier molecular flexibility index (Phi) is 3.64. The minimum Gasteiger partial charge on any atom is -0.344 e. The number of nitrogens with zero attached hydrogens (tertiary/aromatic N) is 1. The standard InChI is InChI=1S/C14H24N2O2/c1-14(2,3)12-13(18)16(9-8-11(17)15-12)10-6-4-5-7-10/h10,12H,4-9H2,1-3H3,(H,15,17). The van der Waals surface area contributed by atoms with Crippen LogP contribution in [0.3, 0.4) is 0 Å². The molecule has 2 amide bonds. The van der Waals surface area contributed by atoms with Gasteiger partial charge in [-0.1, -0.05) is 33.6 Å². The monoisotopic (exact) mass is 252 g/mol. The highest BCUT2D eigenvalue weighted by Crippen LogP contribution is 2.29. The fourth-order valence-corrected chi connectivity index (χ4v) is 2.96. The van der Waals surface area contributed by atoms with Gasteiger partial charge in [0.2, 0.25) is 11.8 Å². The van der Waals surface area contributed by atoms with Crippen molar-refractivity contribution in [1.29, 1.82) is 0 Å². The predicted octanol–water partition coefficient (Wildman–Crippen LogP) is 1.69. The van der Waals surface area contributed by atoms with Gasteiger partial charge in [0.15, 0.2) is 0 Å². The second kappa shape index (κ2) is 4.90. The number of nitrogens with one attached hydrogen (secondary N) is 1. The van der Waals surface area contributed by atoms with E-state index < -0.39 is 0 Å². The maximum Gasteiger partial charge on any atom is 0.245 e. The first-order chi connectivity index (χ1) is 8.39. The third kappa shape index (κ3) is 2.68. The second-order valence-corrected chi connectivity index (χ2v) is 6.59. The molecule has 1 N–H and O–H groups in total. The molecule has 1 saturated heterocycles. The van der Waals surface area contributed by atoms with Crippen LogP contribution in [0.4, 0.5) is 0 Å². The Bertz CT molecular complexity index is 340. The Morgan fingerprint density at radius 3 is 2.33 bits per heavy atom. The summed E-state index contributed by atoms with van der Waals surface area (Å²) in [5.41, 5.74) is -0.228. The van der Waals surface area contributed by atoms with Crippen molar-refractivity contribution < 1.29 is 9.59 Å². The number of amides is 2. The lowest BCUT2D eigenvalue weighted by Crippen LogP contribution is -2.53. The summed E-state index contributed by atoms with van der Waals surface area (Å²) in [5.74, 6) is 0.115. The third-order valence-corrected chi connectivity index (χ3v) is 4.05. The first-order valence-electron chi connectivity index (χ1n) is 6.99. The molecule has 1 heterocycles. The summed E-state index contributed by atoms with van der Waals surface area (Å²) in [6.45, 7) is 6.61. The van der Waals surface area contributed by atoms with Crippen LogP contribution in [-0.4, -0.2) is 35.3 Å². The summed E-state index contributed by atoms with van der Waals surface area (Å²) in [5, 5.41) is 2.89. The molecule has 0 radical (unpaired) electrons. The van der Waals surface area contributed by atoms with E-state index in [1.165, 1.54) is 12.8 Å². The van der Waals surface area contributed by atoms with Crippen molar-refractivity contribution >= 4 is 11.8 Å². The Labute approximate surface area is 109 Å². The molecule has 1 saturated carbocycles. The molecule has 18 heavy (non-hydrogen) atoms. The van der Waals surface area contributed by atoms with Gasteiger partial charge in [-0.05, 0) is 18.3 Å². The Hall–Kier alpha value is -1.06. The van der Waals surface area contributed by atoms with Crippen LogP contribution in [0, 0.1) is 5.41 Å². The normalized spacial score (nSPS) is 27.3. The summed E-state index contributed by atoms with van der Waals surface area (Å²) < 4.78 is 0. The third-order valence-electron chi connectivity index (χ3n) is 4.05. The maximum atomic E-state index is 12.6. The number of carbonyl (C=O) groups excluding carboxylic acids is 2. The zero-order valence-corrected chi connectivity index (χ0v) is 11.7. The molecule has 2 rings (SSSR count). The van der Waals surface area contributed by atoms with Crippen LogP contribution in [0.2, 0.25) is 0 Å². The van der Waals surface area contributed by atoms with Gasteiger partial charge in [0, 0.05) is 19.0 Å². The molecule has 1 aliphatic carbocycles. The average molecular weight is 252 g/mol. The maximum absolute atomic E-state index is 12.6. The van der Waals surface area contributed by atoms with E-state index in [1.54, 1.807) is 0 Å². The zero-order chi connectivity index (χ0) is 13.3. The largest absolute Gasteiger partial charge is 0.344 e. The summed E-state index contributed by atoms with van der Waals surface area (Å²) in [7, 11) is 0. The van der Waals surface area contributed by atoms with E-state index in [9.17, 15) is 9.59 Å². The van der Waals surface area contributed by atoms with Crippen molar-refractivity contribution in [1.82, 2.24) is 10.2 Å². The van der Waals surface area contributed by atoms with Gasteiger partial charge in [-0.15, -0.1) is 0 Å². The molecule has 1 aliphatic heterocycles. The molecule has 0 bridgehead atoms. The Morgan fingerprint density at radius 1 is 1.17 bits per heavy atom. The molecule has 0 aromatic heterocycles. The van der Waals surface area contributed by atoms with Crippen LogP contribution >= 0.6 is 0 Å². The van der Waals surface area contributed by atoms with Crippen molar-refractivity contribution in [2.75, 3.05) is 6.54 Å². The minimum atomic E-state index is -0.381. The van der Waals surface area contributed by atoms with Gasteiger partial charge in [-0.2, -0.15) is 0 Å². The van der Waals surface area contributed by atoms with Gasteiger partial charge in [0.1, 0.15) is 6.04 Å². The van der Waals surface area contributed by atoms with Crippen molar-refractivity contribution in [3.63, 3.8) is 0 Å². The Balaban J connectivity index is 2.20. The quantitative estimate of drug-likeness (QED) is 0.772. The zero-order valence-electron chi connectivity index (χ0n) is 11.7. The summed E-state index contributed by atoms with van der Waals surface area (Å²) in [4.78, 5) is 26.4. The van der Waals surface area contributed by atoms with Crippen LogP contribution in [0.25, 0.3) is 0 Å². The molecule has 0 aromatic rings. The van der Waals surface area contributed by atoms with E-state index in [-0.39, 0.29) is 23.3 Å². The van der Waals surface area contributed by atoms with E-state index in [1.807, 2.05) is 25.7 Å². The number of carbonyl (C=O) groups is 2. The number of rotatable bonds is 1. The fourth-order valence-electron chi connectivity index (χ4n) is 2.96. The van der Waals surface area contributed by atoms with Gasteiger partial charge in [0.25, 0.3) is 0 Å². The first-order valence-corrected chi connectivity index (χ1v) is 6.99. The van der Waals surface area contributed by atoms with Crippen LogP contribution in [-0.2, 0) is 9.59 Å². The van der Waals surface area contributed by atoms with Gasteiger partial charge in [-0.25, -0.2) is 0 Å². The smallest absolute Gasteiger partial charge is 0.245 e. The van der Waals surface area contributed by atoms with Gasteiger partial charge in [0.05, 0.1) is 0 Å². The predicted molar refractivity (Wildman–Crippen MR) is 70.0 cm³/mol. The minimum absolute atomic E-state index is 0.00349. The van der Waals surface area contributed by atoms with Crippen LogP contribution < -0.4 is 5.32 Å². The molecule has 1 unspecified atom stereocenters. The summed E-state index contributed by atoms with van der Waals surface area (Å²) >= 11 is 0. The van der Waals surface area contributed by atoms with E-state index >= 15 is 0 Å². The van der Waals surface area contributed by atoms with Gasteiger partial charge in [-0.3, -0.25) is 9.59 Å². The lowest BCUT2D eigenvalue weighted by atomic mass is 9.85. The highest BCUT2D eigenvalue weighted by atomic mass is 16.2. The van der Waals surface area contributed by atoms with E-state index in [0.29, 0.717) is 19.0 Å². The average Bonchev–Trinajstić information content (AvgIpc) is 2.73. The lowest BCUT2D eigenvalue weighted by Gasteiger charge is -2.35. The molecular formula is C14H24N2O2. The molecule has 4 heteroatoms. The van der Waals surface area contributed by atoms with Gasteiger partial charge < -0.3 is 10.2 Å². The Morgan fingerprint density at radius 2 is 1.78 bits per heavy atom. The molecule has 0 aromatic carbocycles. The van der Waals surface area contributed by atoms with E-state index in [2.05, 4.69) is 5.32 Å². The highest BCUT2D eigenvalue weighted by Gasteiger charge is 2.40. The van der Waals surface area contributed by atoms with E-state index in [4.69, 9.17) is 0 Å². The molecular weight excluding hydrogens is 228 g/mol. The first kappa shape index (κ1) is 13.4. The molecule has 0 spiro atoms. The molecule has 4 nitrogen and oxygen atoms in total. The number of hydrogen-bond acceptors (Lipinski definition) is 2. The van der Waals surface area contributed by atoms with Crippen LogP contribution in [0.15, 0.2) is 0 Å². The highest BCUT2D eigenvalue weighted by molar-refractivity contribution is 5.90. The number of hydrogen-bond donors (Lipinski definition) is 1. The molecule has 2 fully saturated rings. The molecule has 1 atom stereocenters.